The van der Waals surface area contributed by atoms with E-state index in [0.29, 0.717) is 6.04 Å². The van der Waals surface area contributed by atoms with E-state index in [-0.39, 0.29) is 5.82 Å². The van der Waals surface area contributed by atoms with Crippen LogP contribution in [0.25, 0.3) is 0 Å². The summed E-state index contributed by atoms with van der Waals surface area (Å²) in [5.41, 5.74) is 1.17. The summed E-state index contributed by atoms with van der Waals surface area (Å²) in [5.74, 6) is 0.571. The molecule has 2 nitrogen and oxygen atoms in total. The molecule has 114 valence electrons. The fraction of sp³-hybridized carbons (Fsp3) is 0.647. The molecule has 1 rings (SSSR count). The molecular formula is C17H29FN2. The van der Waals surface area contributed by atoms with Crippen molar-refractivity contribution in [3.63, 3.8) is 0 Å². The highest BCUT2D eigenvalue weighted by Crippen LogP contribution is 2.18. The number of benzene rings is 1. The first-order chi connectivity index (χ1) is 9.56. The van der Waals surface area contributed by atoms with Gasteiger partial charge >= 0.3 is 0 Å². The van der Waals surface area contributed by atoms with Gasteiger partial charge in [0, 0.05) is 12.6 Å². The lowest BCUT2D eigenvalue weighted by atomic mass is 10.0. The number of rotatable bonds is 9. The Morgan fingerprint density at radius 2 is 1.85 bits per heavy atom. The van der Waals surface area contributed by atoms with Gasteiger partial charge in [0.05, 0.1) is 0 Å². The summed E-state index contributed by atoms with van der Waals surface area (Å²) in [6, 6.07) is 7.17. The van der Waals surface area contributed by atoms with Crippen molar-refractivity contribution in [1.29, 1.82) is 0 Å². The minimum absolute atomic E-state index is 0.169. The van der Waals surface area contributed by atoms with Gasteiger partial charge in [0.15, 0.2) is 0 Å². The molecule has 0 saturated carbocycles. The topological polar surface area (TPSA) is 15.3 Å². The van der Waals surface area contributed by atoms with E-state index < -0.39 is 0 Å². The summed E-state index contributed by atoms with van der Waals surface area (Å²) < 4.78 is 13.0. The van der Waals surface area contributed by atoms with Gasteiger partial charge in [-0.1, -0.05) is 39.3 Å². The molecule has 0 heterocycles. The average molecular weight is 280 g/mol. The van der Waals surface area contributed by atoms with Gasteiger partial charge in [-0.2, -0.15) is 0 Å². The van der Waals surface area contributed by atoms with Crippen LogP contribution >= 0.6 is 0 Å². The minimum Gasteiger partial charge on any atom is -0.310 e. The van der Waals surface area contributed by atoms with Gasteiger partial charge in [0.1, 0.15) is 5.82 Å². The lowest BCUT2D eigenvalue weighted by Crippen LogP contribution is -2.29. The first kappa shape index (κ1) is 17.1. The lowest BCUT2D eigenvalue weighted by Gasteiger charge is -2.24. The van der Waals surface area contributed by atoms with Crippen LogP contribution in [0.1, 0.15) is 45.2 Å². The van der Waals surface area contributed by atoms with E-state index in [1.807, 2.05) is 12.1 Å². The molecule has 0 fully saturated rings. The molecule has 3 heteroatoms. The SMILES string of the molecule is CCNC(CCN(C)CC(C)CC)c1ccc(F)cc1. The van der Waals surface area contributed by atoms with E-state index in [1.54, 1.807) is 12.1 Å². The van der Waals surface area contributed by atoms with Crippen molar-refractivity contribution in [2.75, 3.05) is 26.7 Å². The Morgan fingerprint density at radius 3 is 2.40 bits per heavy atom. The molecule has 20 heavy (non-hydrogen) atoms. The Hall–Kier alpha value is -0.930. The summed E-state index contributed by atoms with van der Waals surface area (Å²) >= 11 is 0. The van der Waals surface area contributed by atoms with Gasteiger partial charge in [-0.3, -0.25) is 0 Å². The standard InChI is InChI=1S/C17H29FN2/c1-5-14(3)13-20(4)12-11-17(19-6-2)15-7-9-16(18)10-8-15/h7-10,14,17,19H,5-6,11-13H2,1-4H3. The van der Waals surface area contributed by atoms with Crippen LogP contribution in [-0.2, 0) is 0 Å². The Labute approximate surface area is 123 Å². The molecular weight excluding hydrogens is 251 g/mol. The second kappa shape index (κ2) is 9.09. The maximum absolute atomic E-state index is 13.0. The van der Waals surface area contributed by atoms with Crippen LogP contribution in [0.15, 0.2) is 24.3 Å². The van der Waals surface area contributed by atoms with E-state index in [9.17, 15) is 4.39 Å². The van der Waals surface area contributed by atoms with E-state index in [1.165, 1.54) is 12.0 Å². The third kappa shape index (κ3) is 6.02. The molecule has 1 aromatic carbocycles. The van der Waals surface area contributed by atoms with E-state index >= 15 is 0 Å². The molecule has 0 amide bonds. The first-order valence-corrected chi connectivity index (χ1v) is 7.74. The van der Waals surface area contributed by atoms with Crippen LogP contribution in [0.2, 0.25) is 0 Å². The van der Waals surface area contributed by atoms with Crippen molar-refractivity contribution in [3.8, 4) is 0 Å². The van der Waals surface area contributed by atoms with Gasteiger partial charge in [-0.05, 0) is 50.2 Å². The van der Waals surface area contributed by atoms with Crippen LogP contribution in [0, 0.1) is 11.7 Å². The second-order valence-electron chi connectivity index (χ2n) is 5.73. The smallest absolute Gasteiger partial charge is 0.123 e. The van der Waals surface area contributed by atoms with Crippen molar-refractivity contribution in [2.24, 2.45) is 5.92 Å². The first-order valence-electron chi connectivity index (χ1n) is 7.74. The summed E-state index contributed by atoms with van der Waals surface area (Å²) in [6.07, 6.45) is 2.27. The van der Waals surface area contributed by atoms with Crippen molar-refractivity contribution in [2.45, 2.75) is 39.7 Å². The number of nitrogens with one attached hydrogen (secondary N) is 1. The third-order valence-electron chi connectivity index (χ3n) is 3.84. The van der Waals surface area contributed by atoms with Crippen LogP contribution < -0.4 is 5.32 Å². The predicted octanol–water partition coefficient (Wildman–Crippen LogP) is 3.84. The average Bonchev–Trinajstić information content (AvgIpc) is 2.44. The Morgan fingerprint density at radius 1 is 1.20 bits per heavy atom. The highest BCUT2D eigenvalue weighted by Gasteiger charge is 2.12. The predicted molar refractivity (Wildman–Crippen MR) is 84.4 cm³/mol. The Bertz CT molecular complexity index is 364. The molecule has 0 aromatic heterocycles. The fourth-order valence-corrected chi connectivity index (χ4v) is 2.43. The maximum atomic E-state index is 13.0. The highest BCUT2D eigenvalue weighted by atomic mass is 19.1. The lowest BCUT2D eigenvalue weighted by molar-refractivity contribution is 0.266. The molecule has 1 aromatic rings. The maximum Gasteiger partial charge on any atom is 0.123 e. The van der Waals surface area contributed by atoms with Crippen molar-refractivity contribution in [3.05, 3.63) is 35.6 Å². The van der Waals surface area contributed by atoms with Gasteiger partial charge in [-0.15, -0.1) is 0 Å². The van der Waals surface area contributed by atoms with E-state index in [4.69, 9.17) is 0 Å². The highest BCUT2D eigenvalue weighted by molar-refractivity contribution is 5.19. The zero-order valence-corrected chi connectivity index (χ0v) is 13.3. The van der Waals surface area contributed by atoms with Crippen LogP contribution in [0.5, 0.6) is 0 Å². The van der Waals surface area contributed by atoms with Crippen molar-refractivity contribution < 1.29 is 4.39 Å². The molecule has 0 radical (unpaired) electrons. The van der Waals surface area contributed by atoms with Crippen LogP contribution in [0.4, 0.5) is 4.39 Å². The fourth-order valence-electron chi connectivity index (χ4n) is 2.43. The summed E-state index contributed by atoms with van der Waals surface area (Å²) in [7, 11) is 2.18. The third-order valence-corrected chi connectivity index (χ3v) is 3.84. The molecule has 0 aliphatic carbocycles. The van der Waals surface area contributed by atoms with Crippen LogP contribution in [-0.4, -0.2) is 31.6 Å². The molecule has 0 aliphatic heterocycles. The summed E-state index contributed by atoms with van der Waals surface area (Å²) in [6.45, 7) is 9.76. The molecule has 0 saturated heterocycles. The van der Waals surface area contributed by atoms with Crippen molar-refractivity contribution >= 4 is 0 Å². The summed E-state index contributed by atoms with van der Waals surface area (Å²) in [4.78, 5) is 2.39. The number of hydrogen-bond acceptors (Lipinski definition) is 2. The molecule has 1 N–H and O–H groups in total. The molecule has 2 atom stereocenters. The van der Waals surface area contributed by atoms with E-state index in [0.717, 1.165) is 32.0 Å². The Kier molecular flexibility index (Phi) is 7.78. The number of nitrogens with zero attached hydrogens (tertiary/aromatic N) is 1. The monoisotopic (exact) mass is 280 g/mol. The quantitative estimate of drug-likeness (QED) is 0.739. The normalized spacial score (nSPS) is 14.5. The summed E-state index contributed by atoms with van der Waals surface area (Å²) in [5, 5.41) is 3.49. The number of halogens is 1. The Balaban J connectivity index is 2.52. The zero-order valence-electron chi connectivity index (χ0n) is 13.3. The molecule has 0 spiro atoms. The van der Waals surface area contributed by atoms with Gasteiger partial charge < -0.3 is 10.2 Å². The minimum atomic E-state index is -0.169. The van der Waals surface area contributed by atoms with Gasteiger partial charge in [0.2, 0.25) is 0 Å². The largest absolute Gasteiger partial charge is 0.310 e. The van der Waals surface area contributed by atoms with E-state index in [2.05, 4.69) is 38.0 Å². The molecule has 0 bridgehead atoms. The zero-order chi connectivity index (χ0) is 15.0. The van der Waals surface area contributed by atoms with Crippen molar-refractivity contribution in [1.82, 2.24) is 10.2 Å². The van der Waals surface area contributed by atoms with Gasteiger partial charge in [-0.25, -0.2) is 4.39 Å². The number of hydrogen-bond donors (Lipinski definition) is 1. The van der Waals surface area contributed by atoms with Gasteiger partial charge in [0.25, 0.3) is 0 Å². The van der Waals surface area contributed by atoms with Crippen LogP contribution in [0.3, 0.4) is 0 Å². The second-order valence-corrected chi connectivity index (χ2v) is 5.73. The molecule has 0 aliphatic rings. The molecule has 2 unspecified atom stereocenters.